The number of carbonyl (C=O) groups excluding carboxylic acids is 2. The summed E-state index contributed by atoms with van der Waals surface area (Å²) in [5.74, 6) is 0.709. The monoisotopic (exact) mass is 488 g/mol. The second-order valence-corrected chi connectivity index (χ2v) is 6.56. The lowest BCUT2D eigenvalue weighted by Gasteiger charge is -2.16. The Morgan fingerprint density at radius 2 is 1.70 bits per heavy atom. The van der Waals surface area contributed by atoms with Gasteiger partial charge in [-0.3, -0.25) is 19.5 Å². The van der Waals surface area contributed by atoms with Gasteiger partial charge in [-0.2, -0.15) is 0 Å². The molecule has 1 aromatic carbocycles. The highest BCUT2D eigenvalue weighted by molar-refractivity contribution is 14.0. The highest BCUT2D eigenvalue weighted by Gasteiger charge is 2.34. The minimum absolute atomic E-state index is 0. The standard InChI is InChI=1S/C19H28N4O3.HI/c1-14(2)13-26-12-6-9-21-19(20-3)22-10-11-23-17(24)15-7-4-5-8-16(15)18(23)25;/h4-5,7-8,14H,6,9-13H2,1-3H3,(H2,20,21,22);1H. The number of carbonyl (C=O) groups is 2. The van der Waals surface area contributed by atoms with E-state index < -0.39 is 0 Å². The Morgan fingerprint density at radius 1 is 1.11 bits per heavy atom. The molecule has 0 bridgehead atoms. The van der Waals surface area contributed by atoms with Gasteiger partial charge in [-0.1, -0.05) is 26.0 Å². The van der Waals surface area contributed by atoms with Crippen LogP contribution in [0.4, 0.5) is 0 Å². The van der Waals surface area contributed by atoms with E-state index in [-0.39, 0.29) is 35.8 Å². The van der Waals surface area contributed by atoms with Crippen LogP contribution < -0.4 is 10.6 Å². The molecule has 0 unspecified atom stereocenters. The fourth-order valence-corrected chi connectivity index (χ4v) is 2.65. The van der Waals surface area contributed by atoms with Crippen molar-refractivity contribution in [1.82, 2.24) is 15.5 Å². The average Bonchev–Trinajstić information content (AvgIpc) is 2.87. The van der Waals surface area contributed by atoms with E-state index in [9.17, 15) is 9.59 Å². The van der Waals surface area contributed by atoms with Crippen LogP contribution in [0.3, 0.4) is 0 Å². The molecule has 0 fully saturated rings. The summed E-state index contributed by atoms with van der Waals surface area (Å²) < 4.78 is 5.53. The molecule has 0 aromatic heterocycles. The van der Waals surface area contributed by atoms with E-state index in [4.69, 9.17) is 4.74 Å². The zero-order valence-electron chi connectivity index (χ0n) is 16.2. The van der Waals surface area contributed by atoms with Gasteiger partial charge in [-0.15, -0.1) is 24.0 Å². The molecule has 0 atom stereocenters. The van der Waals surface area contributed by atoms with Crippen molar-refractivity contribution in [3.8, 4) is 0 Å². The minimum Gasteiger partial charge on any atom is -0.381 e. The smallest absolute Gasteiger partial charge is 0.261 e. The topological polar surface area (TPSA) is 83.0 Å². The van der Waals surface area contributed by atoms with Gasteiger partial charge in [-0.05, 0) is 24.5 Å². The Balaban J connectivity index is 0.00000364. The molecule has 1 aliphatic heterocycles. The van der Waals surface area contributed by atoms with Crippen molar-refractivity contribution in [3.05, 3.63) is 35.4 Å². The Morgan fingerprint density at radius 3 is 2.26 bits per heavy atom. The van der Waals surface area contributed by atoms with Crippen LogP contribution in [0.2, 0.25) is 0 Å². The predicted molar refractivity (Wildman–Crippen MR) is 117 cm³/mol. The summed E-state index contributed by atoms with van der Waals surface area (Å²) in [4.78, 5) is 30.0. The zero-order chi connectivity index (χ0) is 18.9. The summed E-state index contributed by atoms with van der Waals surface area (Å²) in [7, 11) is 1.69. The highest BCUT2D eigenvalue weighted by atomic mass is 127. The normalized spacial score (nSPS) is 13.6. The molecule has 0 spiro atoms. The number of amides is 2. The van der Waals surface area contributed by atoms with Crippen LogP contribution in [0.1, 0.15) is 41.0 Å². The number of nitrogens with zero attached hydrogens (tertiary/aromatic N) is 2. The quantitative estimate of drug-likeness (QED) is 0.183. The first-order valence-electron chi connectivity index (χ1n) is 9.02. The van der Waals surface area contributed by atoms with Gasteiger partial charge in [0.25, 0.3) is 11.8 Å². The number of ether oxygens (including phenoxy) is 1. The number of nitrogens with one attached hydrogen (secondary N) is 2. The van der Waals surface area contributed by atoms with Crippen molar-refractivity contribution in [3.63, 3.8) is 0 Å². The zero-order valence-corrected chi connectivity index (χ0v) is 18.5. The van der Waals surface area contributed by atoms with E-state index >= 15 is 0 Å². The maximum atomic E-state index is 12.3. The number of halogens is 1. The summed E-state index contributed by atoms with van der Waals surface area (Å²) in [6.45, 7) is 7.20. The lowest BCUT2D eigenvalue weighted by molar-refractivity contribution is 0.0657. The SMILES string of the molecule is CN=C(NCCCOCC(C)C)NCCN1C(=O)c2ccccc2C1=O.I. The van der Waals surface area contributed by atoms with Crippen LogP contribution in [0, 0.1) is 5.92 Å². The summed E-state index contributed by atoms with van der Waals surface area (Å²) in [5.41, 5.74) is 0.947. The van der Waals surface area contributed by atoms with Crippen LogP contribution in [0.5, 0.6) is 0 Å². The predicted octanol–water partition coefficient (Wildman–Crippen LogP) is 2.13. The van der Waals surface area contributed by atoms with Crippen molar-refractivity contribution < 1.29 is 14.3 Å². The van der Waals surface area contributed by atoms with E-state index in [1.165, 1.54) is 4.90 Å². The third-order valence-corrected chi connectivity index (χ3v) is 3.94. The largest absolute Gasteiger partial charge is 0.381 e. The van der Waals surface area contributed by atoms with Gasteiger partial charge in [0.15, 0.2) is 5.96 Å². The Kier molecular flexibility index (Phi) is 10.3. The second-order valence-electron chi connectivity index (χ2n) is 6.56. The number of aliphatic imine (C=N–C) groups is 1. The molecular weight excluding hydrogens is 459 g/mol. The third-order valence-electron chi connectivity index (χ3n) is 3.94. The number of hydrogen-bond donors (Lipinski definition) is 2. The third kappa shape index (κ3) is 6.76. The Hall–Kier alpha value is -1.68. The molecule has 27 heavy (non-hydrogen) atoms. The van der Waals surface area contributed by atoms with Gasteiger partial charge in [0.2, 0.25) is 0 Å². The highest BCUT2D eigenvalue weighted by Crippen LogP contribution is 2.21. The first-order chi connectivity index (χ1) is 12.5. The van der Waals surface area contributed by atoms with E-state index in [0.29, 0.717) is 42.7 Å². The Bertz CT molecular complexity index is 629. The maximum absolute atomic E-state index is 12.3. The number of rotatable bonds is 9. The molecule has 150 valence electrons. The molecule has 7 nitrogen and oxygen atoms in total. The van der Waals surface area contributed by atoms with Gasteiger partial charge in [-0.25, -0.2) is 0 Å². The summed E-state index contributed by atoms with van der Waals surface area (Å²) in [6.07, 6.45) is 0.881. The fraction of sp³-hybridized carbons (Fsp3) is 0.526. The molecule has 0 radical (unpaired) electrons. The first kappa shape index (κ1) is 23.4. The van der Waals surface area contributed by atoms with Gasteiger partial charge in [0, 0.05) is 39.9 Å². The van der Waals surface area contributed by atoms with Crippen molar-refractivity contribution in [1.29, 1.82) is 0 Å². The molecular formula is C19H29IN4O3. The number of hydrogen-bond acceptors (Lipinski definition) is 4. The van der Waals surface area contributed by atoms with Crippen molar-refractivity contribution >= 4 is 41.8 Å². The maximum Gasteiger partial charge on any atom is 0.261 e. The van der Waals surface area contributed by atoms with Crippen molar-refractivity contribution in [2.24, 2.45) is 10.9 Å². The average molecular weight is 488 g/mol. The van der Waals surface area contributed by atoms with Crippen molar-refractivity contribution in [2.75, 3.05) is 39.9 Å². The van der Waals surface area contributed by atoms with Crippen molar-refractivity contribution in [2.45, 2.75) is 20.3 Å². The molecule has 2 N–H and O–H groups in total. The molecule has 2 rings (SSSR count). The van der Waals surface area contributed by atoms with E-state index in [2.05, 4.69) is 29.5 Å². The Labute approximate surface area is 178 Å². The van der Waals surface area contributed by atoms with Crippen LogP contribution in [-0.2, 0) is 4.74 Å². The van der Waals surface area contributed by atoms with Gasteiger partial charge in [0.05, 0.1) is 11.1 Å². The summed E-state index contributed by atoms with van der Waals surface area (Å²) >= 11 is 0. The van der Waals surface area contributed by atoms with Gasteiger partial charge in [0.1, 0.15) is 0 Å². The number of imide groups is 1. The molecule has 2 amide bonds. The van der Waals surface area contributed by atoms with Gasteiger partial charge >= 0.3 is 0 Å². The molecule has 1 aromatic rings. The van der Waals surface area contributed by atoms with E-state index in [0.717, 1.165) is 19.6 Å². The molecule has 8 heteroatoms. The molecule has 1 heterocycles. The van der Waals surface area contributed by atoms with Crippen LogP contribution in [0.15, 0.2) is 29.3 Å². The molecule has 0 aliphatic carbocycles. The fourth-order valence-electron chi connectivity index (χ4n) is 2.65. The molecule has 0 saturated carbocycles. The van der Waals surface area contributed by atoms with E-state index in [1.807, 2.05) is 0 Å². The lowest BCUT2D eigenvalue weighted by Crippen LogP contribution is -2.43. The number of fused-ring (bicyclic) bond motifs is 1. The van der Waals surface area contributed by atoms with Crippen LogP contribution in [0.25, 0.3) is 0 Å². The number of benzene rings is 1. The first-order valence-corrected chi connectivity index (χ1v) is 9.02. The molecule has 0 saturated heterocycles. The lowest BCUT2D eigenvalue weighted by atomic mass is 10.1. The second kappa shape index (κ2) is 11.9. The molecule has 1 aliphatic rings. The summed E-state index contributed by atoms with van der Waals surface area (Å²) in [5, 5.41) is 6.32. The number of guanidine groups is 1. The minimum atomic E-state index is -0.238. The van der Waals surface area contributed by atoms with Gasteiger partial charge < -0.3 is 15.4 Å². The van der Waals surface area contributed by atoms with Crippen LogP contribution >= 0.6 is 24.0 Å². The summed E-state index contributed by atoms with van der Waals surface area (Å²) in [6, 6.07) is 6.90. The van der Waals surface area contributed by atoms with Crippen LogP contribution in [-0.4, -0.2) is 62.6 Å². The van der Waals surface area contributed by atoms with E-state index in [1.54, 1.807) is 31.3 Å².